The zero-order chi connectivity index (χ0) is 15.8. The van der Waals surface area contributed by atoms with Crippen molar-refractivity contribution in [3.05, 3.63) is 35.9 Å². The Morgan fingerprint density at radius 1 is 1.09 bits per heavy atom. The van der Waals surface area contributed by atoms with E-state index in [9.17, 15) is 9.59 Å². The highest BCUT2D eigenvalue weighted by atomic mass is 16.2. The van der Waals surface area contributed by atoms with Crippen LogP contribution in [0.1, 0.15) is 30.1 Å². The molecule has 1 aliphatic rings. The second-order valence-corrected chi connectivity index (χ2v) is 5.64. The monoisotopic (exact) mass is 303 g/mol. The van der Waals surface area contributed by atoms with E-state index in [0.717, 1.165) is 38.0 Å². The molecule has 1 aromatic carbocycles. The summed E-state index contributed by atoms with van der Waals surface area (Å²) >= 11 is 0. The number of rotatable bonds is 6. The molecule has 0 aliphatic carbocycles. The summed E-state index contributed by atoms with van der Waals surface area (Å²) in [6.07, 6.45) is 2.10. The number of carbonyl (C=O) groups is 2. The van der Waals surface area contributed by atoms with Crippen LogP contribution in [0, 0.1) is 0 Å². The Bertz CT molecular complexity index is 482. The second kappa shape index (κ2) is 8.54. The van der Waals surface area contributed by atoms with Crippen LogP contribution in [-0.2, 0) is 4.79 Å². The fourth-order valence-corrected chi connectivity index (χ4v) is 2.54. The molecule has 1 aromatic rings. The molecule has 1 fully saturated rings. The van der Waals surface area contributed by atoms with E-state index >= 15 is 0 Å². The van der Waals surface area contributed by atoms with Gasteiger partial charge < -0.3 is 10.2 Å². The summed E-state index contributed by atoms with van der Waals surface area (Å²) in [7, 11) is 0. The fraction of sp³-hybridized carbons (Fsp3) is 0.529. The molecule has 1 saturated heterocycles. The summed E-state index contributed by atoms with van der Waals surface area (Å²) in [6, 6.07) is 9.35. The Hall–Kier alpha value is -1.88. The van der Waals surface area contributed by atoms with Gasteiger partial charge in [0.25, 0.3) is 5.91 Å². The first kappa shape index (κ1) is 16.5. The Labute approximate surface area is 132 Å². The molecule has 1 heterocycles. The summed E-state index contributed by atoms with van der Waals surface area (Å²) in [6.45, 7) is 6.14. The van der Waals surface area contributed by atoms with Crippen LogP contribution in [-0.4, -0.2) is 60.9 Å². The maximum absolute atomic E-state index is 12.3. The van der Waals surface area contributed by atoms with Crippen molar-refractivity contribution in [1.29, 1.82) is 0 Å². The summed E-state index contributed by atoms with van der Waals surface area (Å²) in [5.41, 5.74) is 0.730. The lowest BCUT2D eigenvalue weighted by atomic mass is 10.2. The van der Waals surface area contributed by atoms with Gasteiger partial charge in [0.2, 0.25) is 5.91 Å². The molecule has 2 amide bonds. The molecule has 120 valence electrons. The van der Waals surface area contributed by atoms with Crippen LogP contribution in [0.15, 0.2) is 30.3 Å². The second-order valence-electron chi connectivity index (χ2n) is 5.64. The number of nitrogens with one attached hydrogen (secondary N) is 1. The van der Waals surface area contributed by atoms with Crippen molar-refractivity contribution in [2.45, 2.75) is 19.8 Å². The molecule has 0 bridgehead atoms. The van der Waals surface area contributed by atoms with E-state index in [2.05, 4.69) is 17.1 Å². The zero-order valence-corrected chi connectivity index (χ0v) is 13.3. The normalized spacial score (nSPS) is 15.6. The minimum Gasteiger partial charge on any atom is -0.355 e. The van der Waals surface area contributed by atoms with Crippen molar-refractivity contribution in [2.75, 3.05) is 39.3 Å². The lowest BCUT2D eigenvalue weighted by molar-refractivity contribution is -0.122. The molecule has 1 aliphatic heterocycles. The molecule has 5 heteroatoms. The first-order valence-corrected chi connectivity index (χ1v) is 8.04. The number of amides is 2. The lowest BCUT2D eigenvalue weighted by Crippen LogP contribution is -2.51. The highest BCUT2D eigenvalue weighted by Crippen LogP contribution is 2.08. The molecule has 22 heavy (non-hydrogen) atoms. The minimum absolute atomic E-state index is 0.0765. The van der Waals surface area contributed by atoms with Gasteiger partial charge in [-0.3, -0.25) is 14.5 Å². The van der Waals surface area contributed by atoms with Crippen molar-refractivity contribution in [3.8, 4) is 0 Å². The van der Waals surface area contributed by atoms with Crippen LogP contribution in [0.3, 0.4) is 0 Å². The third kappa shape index (κ3) is 4.84. The number of hydrogen-bond acceptors (Lipinski definition) is 3. The minimum atomic E-state index is 0.0765. The van der Waals surface area contributed by atoms with Gasteiger partial charge in [-0.05, 0) is 18.6 Å². The summed E-state index contributed by atoms with van der Waals surface area (Å²) in [5.74, 6) is 0.156. The first-order chi connectivity index (χ1) is 10.7. The van der Waals surface area contributed by atoms with E-state index in [1.807, 2.05) is 35.2 Å². The number of piperazine rings is 1. The molecule has 0 unspecified atom stereocenters. The largest absolute Gasteiger partial charge is 0.355 e. The molecule has 1 N–H and O–H groups in total. The molecule has 2 rings (SSSR count). The van der Waals surface area contributed by atoms with Gasteiger partial charge in [0.15, 0.2) is 0 Å². The molecular weight excluding hydrogens is 278 g/mol. The highest BCUT2D eigenvalue weighted by molar-refractivity contribution is 5.94. The Balaban J connectivity index is 1.74. The maximum atomic E-state index is 12.3. The van der Waals surface area contributed by atoms with Crippen LogP contribution in [0.5, 0.6) is 0 Å². The molecule has 0 radical (unpaired) electrons. The van der Waals surface area contributed by atoms with E-state index in [1.54, 1.807) is 0 Å². The average molecular weight is 303 g/mol. The molecule has 0 spiro atoms. The third-order valence-electron chi connectivity index (χ3n) is 3.90. The topological polar surface area (TPSA) is 52.7 Å². The van der Waals surface area contributed by atoms with Gasteiger partial charge in [-0.25, -0.2) is 0 Å². The van der Waals surface area contributed by atoms with Gasteiger partial charge in [0.1, 0.15) is 0 Å². The maximum Gasteiger partial charge on any atom is 0.253 e. The van der Waals surface area contributed by atoms with Crippen LogP contribution >= 0.6 is 0 Å². The fourth-order valence-electron chi connectivity index (χ4n) is 2.54. The van der Waals surface area contributed by atoms with Crippen molar-refractivity contribution >= 4 is 11.8 Å². The van der Waals surface area contributed by atoms with Crippen molar-refractivity contribution < 1.29 is 9.59 Å². The third-order valence-corrected chi connectivity index (χ3v) is 3.90. The van der Waals surface area contributed by atoms with Crippen LogP contribution in [0.2, 0.25) is 0 Å². The Morgan fingerprint density at radius 3 is 2.41 bits per heavy atom. The average Bonchev–Trinajstić information content (AvgIpc) is 2.56. The summed E-state index contributed by atoms with van der Waals surface area (Å²) < 4.78 is 0. The quantitative estimate of drug-likeness (QED) is 0.807. The van der Waals surface area contributed by atoms with Gasteiger partial charge in [-0.2, -0.15) is 0 Å². The molecule has 0 atom stereocenters. The Kier molecular flexibility index (Phi) is 6.40. The number of unbranched alkanes of at least 4 members (excludes halogenated alkanes) is 1. The van der Waals surface area contributed by atoms with Crippen molar-refractivity contribution in [2.24, 2.45) is 0 Å². The van der Waals surface area contributed by atoms with E-state index < -0.39 is 0 Å². The van der Waals surface area contributed by atoms with Gasteiger partial charge in [-0.15, -0.1) is 0 Å². The highest BCUT2D eigenvalue weighted by Gasteiger charge is 2.22. The van der Waals surface area contributed by atoms with Gasteiger partial charge >= 0.3 is 0 Å². The standard InChI is InChI=1S/C17H25N3O2/c1-2-3-9-18-16(21)14-19-10-12-20(13-11-19)17(22)15-7-5-4-6-8-15/h4-8H,2-3,9-14H2,1H3,(H,18,21). The number of carbonyl (C=O) groups excluding carboxylic acids is 2. The van der Waals surface area contributed by atoms with Gasteiger partial charge in [-0.1, -0.05) is 31.5 Å². The van der Waals surface area contributed by atoms with Gasteiger partial charge in [0, 0.05) is 38.3 Å². The Morgan fingerprint density at radius 2 is 1.77 bits per heavy atom. The van der Waals surface area contributed by atoms with E-state index in [-0.39, 0.29) is 11.8 Å². The molecular formula is C17H25N3O2. The van der Waals surface area contributed by atoms with Crippen LogP contribution in [0.25, 0.3) is 0 Å². The van der Waals surface area contributed by atoms with E-state index in [4.69, 9.17) is 0 Å². The molecule has 0 aromatic heterocycles. The zero-order valence-electron chi connectivity index (χ0n) is 13.3. The summed E-state index contributed by atoms with van der Waals surface area (Å²) in [5, 5.41) is 2.93. The van der Waals surface area contributed by atoms with Crippen LogP contribution in [0.4, 0.5) is 0 Å². The summed E-state index contributed by atoms with van der Waals surface area (Å²) in [4.78, 5) is 28.1. The van der Waals surface area contributed by atoms with E-state index in [1.165, 1.54) is 0 Å². The predicted octanol–water partition coefficient (Wildman–Crippen LogP) is 1.36. The first-order valence-electron chi connectivity index (χ1n) is 8.04. The van der Waals surface area contributed by atoms with Gasteiger partial charge in [0.05, 0.1) is 6.54 Å². The predicted molar refractivity (Wildman–Crippen MR) is 86.7 cm³/mol. The van der Waals surface area contributed by atoms with E-state index in [0.29, 0.717) is 19.6 Å². The van der Waals surface area contributed by atoms with Crippen LogP contribution < -0.4 is 5.32 Å². The number of benzene rings is 1. The molecule has 5 nitrogen and oxygen atoms in total. The smallest absolute Gasteiger partial charge is 0.253 e. The van der Waals surface area contributed by atoms with Crippen molar-refractivity contribution in [1.82, 2.24) is 15.1 Å². The number of nitrogens with zero attached hydrogens (tertiary/aromatic N) is 2. The van der Waals surface area contributed by atoms with Crippen molar-refractivity contribution in [3.63, 3.8) is 0 Å². The molecule has 0 saturated carbocycles. The number of hydrogen-bond donors (Lipinski definition) is 1. The lowest BCUT2D eigenvalue weighted by Gasteiger charge is -2.34. The SMILES string of the molecule is CCCCNC(=O)CN1CCN(C(=O)c2ccccc2)CC1.